The van der Waals surface area contributed by atoms with Gasteiger partial charge in [0.15, 0.2) is 0 Å². The monoisotopic (exact) mass is 430 g/mol. The van der Waals surface area contributed by atoms with Crippen molar-refractivity contribution in [3.05, 3.63) is 64.7 Å². The molecule has 7 nitrogen and oxygen atoms in total. The first-order chi connectivity index (χ1) is 15.0. The van der Waals surface area contributed by atoms with Gasteiger partial charge in [0.05, 0.1) is 19.8 Å². The molecular weight excluding hydrogens is 400 g/mol. The van der Waals surface area contributed by atoms with Gasteiger partial charge in [-0.15, -0.1) is 0 Å². The van der Waals surface area contributed by atoms with E-state index >= 15 is 0 Å². The second kappa shape index (κ2) is 9.65. The van der Waals surface area contributed by atoms with Crippen LogP contribution in [-0.4, -0.2) is 70.8 Å². The Morgan fingerprint density at radius 3 is 2.45 bits per heavy atom. The van der Waals surface area contributed by atoms with Gasteiger partial charge in [0, 0.05) is 6.42 Å². The largest absolute Gasteiger partial charge is 0.488 e. The average molecular weight is 430 g/mol. The standard InChI is InChI=1S/C24H30O7/c1-14-2-5-16(24-23(28)22(27)21(26)20(12-25)31-24)11-17(14)10-15-3-6-18(7-4-15)30-19-8-9-29-13-19/h2-7,11,19-28H,8-10,12-13H2,1H3/t19?,20?,21-,22+,23-,24+/m1/s1. The lowest BCUT2D eigenvalue weighted by Gasteiger charge is -2.40. The van der Waals surface area contributed by atoms with Crippen LogP contribution in [0.15, 0.2) is 42.5 Å². The number of benzene rings is 2. The van der Waals surface area contributed by atoms with Gasteiger partial charge in [0.1, 0.15) is 42.4 Å². The summed E-state index contributed by atoms with van der Waals surface area (Å²) in [6.07, 6.45) is -4.09. The van der Waals surface area contributed by atoms with Crippen LogP contribution in [0.1, 0.15) is 34.8 Å². The minimum absolute atomic E-state index is 0.114. The predicted octanol–water partition coefficient (Wildman–Crippen LogP) is 1.27. The minimum Gasteiger partial charge on any atom is -0.488 e. The average Bonchev–Trinajstić information content (AvgIpc) is 3.28. The van der Waals surface area contributed by atoms with Gasteiger partial charge >= 0.3 is 0 Å². The molecule has 0 spiro atoms. The van der Waals surface area contributed by atoms with Crippen molar-refractivity contribution in [1.82, 2.24) is 0 Å². The van der Waals surface area contributed by atoms with Crippen LogP contribution in [0.2, 0.25) is 0 Å². The Morgan fingerprint density at radius 1 is 1.00 bits per heavy atom. The zero-order valence-corrected chi connectivity index (χ0v) is 17.6. The first-order valence-corrected chi connectivity index (χ1v) is 10.7. The molecule has 2 fully saturated rings. The van der Waals surface area contributed by atoms with Crippen LogP contribution in [0.3, 0.4) is 0 Å². The molecule has 2 saturated heterocycles. The summed E-state index contributed by atoms with van der Waals surface area (Å²) >= 11 is 0. The maximum absolute atomic E-state index is 10.4. The van der Waals surface area contributed by atoms with Crippen LogP contribution in [0.4, 0.5) is 0 Å². The molecule has 2 aliphatic rings. The predicted molar refractivity (Wildman–Crippen MR) is 113 cm³/mol. The second-order valence-corrected chi connectivity index (χ2v) is 8.36. The summed E-state index contributed by atoms with van der Waals surface area (Å²) in [5.74, 6) is 0.825. The molecule has 6 atom stereocenters. The molecule has 2 aromatic rings. The van der Waals surface area contributed by atoms with Gasteiger partial charge in [-0.2, -0.15) is 0 Å². The van der Waals surface area contributed by atoms with Gasteiger partial charge in [-0.05, 0) is 47.7 Å². The molecule has 0 aromatic heterocycles. The van der Waals surface area contributed by atoms with E-state index in [1.54, 1.807) is 0 Å². The van der Waals surface area contributed by atoms with E-state index in [4.69, 9.17) is 14.2 Å². The van der Waals surface area contributed by atoms with Crippen LogP contribution in [0.25, 0.3) is 0 Å². The van der Waals surface area contributed by atoms with Crippen molar-refractivity contribution in [2.24, 2.45) is 0 Å². The van der Waals surface area contributed by atoms with E-state index < -0.39 is 37.1 Å². The van der Waals surface area contributed by atoms with E-state index in [1.165, 1.54) is 0 Å². The molecule has 2 aliphatic heterocycles. The van der Waals surface area contributed by atoms with E-state index in [0.29, 0.717) is 18.6 Å². The molecule has 0 amide bonds. The number of ether oxygens (including phenoxy) is 3. The lowest BCUT2D eigenvalue weighted by atomic mass is 9.89. The summed E-state index contributed by atoms with van der Waals surface area (Å²) in [4.78, 5) is 0. The summed E-state index contributed by atoms with van der Waals surface area (Å²) in [5, 5.41) is 40.0. The Bertz CT molecular complexity index is 861. The van der Waals surface area contributed by atoms with Gasteiger partial charge in [0.2, 0.25) is 0 Å². The lowest BCUT2D eigenvalue weighted by Crippen LogP contribution is -2.55. The third-order valence-corrected chi connectivity index (χ3v) is 6.10. The third-order valence-electron chi connectivity index (χ3n) is 6.10. The highest BCUT2D eigenvalue weighted by molar-refractivity contribution is 5.38. The SMILES string of the molecule is Cc1ccc([C@@H]2OC(CO)[C@@H](O)[C@H](O)[C@H]2O)cc1Cc1ccc(OC2CCOC2)cc1. The van der Waals surface area contributed by atoms with Crippen molar-refractivity contribution in [2.75, 3.05) is 19.8 Å². The van der Waals surface area contributed by atoms with E-state index in [9.17, 15) is 20.4 Å². The van der Waals surface area contributed by atoms with Crippen molar-refractivity contribution in [1.29, 1.82) is 0 Å². The smallest absolute Gasteiger partial charge is 0.124 e. The molecule has 2 heterocycles. The van der Waals surface area contributed by atoms with Gasteiger partial charge in [-0.3, -0.25) is 0 Å². The molecule has 168 valence electrons. The molecule has 0 aliphatic carbocycles. The molecule has 4 N–H and O–H groups in total. The quantitative estimate of drug-likeness (QED) is 0.547. The van der Waals surface area contributed by atoms with Crippen LogP contribution in [0, 0.1) is 6.92 Å². The fraction of sp³-hybridized carbons (Fsp3) is 0.500. The summed E-state index contributed by atoms with van der Waals surface area (Å²) < 4.78 is 17.0. The molecular formula is C24H30O7. The van der Waals surface area contributed by atoms with E-state index in [-0.39, 0.29) is 6.10 Å². The van der Waals surface area contributed by atoms with Crippen molar-refractivity contribution in [3.63, 3.8) is 0 Å². The van der Waals surface area contributed by atoms with Crippen LogP contribution < -0.4 is 4.74 Å². The summed E-state index contributed by atoms with van der Waals surface area (Å²) in [6, 6.07) is 13.7. The molecule has 0 saturated carbocycles. The molecule has 0 bridgehead atoms. The topological polar surface area (TPSA) is 109 Å². The third kappa shape index (κ3) is 4.92. The van der Waals surface area contributed by atoms with E-state index in [2.05, 4.69) is 0 Å². The van der Waals surface area contributed by atoms with E-state index in [0.717, 1.165) is 35.5 Å². The maximum Gasteiger partial charge on any atom is 0.124 e. The Morgan fingerprint density at radius 2 is 1.77 bits per heavy atom. The van der Waals surface area contributed by atoms with Crippen LogP contribution >= 0.6 is 0 Å². The van der Waals surface area contributed by atoms with Crippen molar-refractivity contribution in [2.45, 2.75) is 56.4 Å². The van der Waals surface area contributed by atoms with E-state index in [1.807, 2.05) is 49.4 Å². The Hall–Kier alpha value is -2.00. The molecule has 2 unspecified atom stereocenters. The maximum atomic E-state index is 10.4. The Balaban J connectivity index is 1.49. The van der Waals surface area contributed by atoms with Gasteiger partial charge in [0.25, 0.3) is 0 Å². The molecule has 4 rings (SSSR count). The minimum atomic E-state index is -1.39. The van der Waals surface area contributed by atoms with Gasteiger partial charge < -0.3 is 34.6 Å². The highest BCUT2D eigenvalue weighted by Crippen LogP contribution is 2.33. The molecule has 31 heavy (non-hydrogen) atoms. The Labute approximate surface area is 181 Å². The first-order valence-electron chi connectivity index (χ1n) is 10.7. The van der Waals surface area contributed by atoms with Crippen LogP contribution in [-0.2, 0) is 15.9 Å². The first kappa shape index (κ1) is 22.2. The fourth-order valence-electron chi connectivity index (χ4n) is 4.14. The van der Waals surface area contributed by atoms with Crippen molar-refractivity contribution >= 4 is 0 Å². The number of aliphatic hydroxyl groups excluding tert-OH is 4. The van der Waals surface area contributed by atoms with Crippen molar-refractivity contribution < 1.29 is 34.6 Å². The summed E-state index contributed by atoms with van der Waals surface area (Å²) in [5.41, 5.74) is 3.96. The Kier molecular flexibility index (Phi) is 6.91. The highest BCUT2D eigenvalue weighted by atomic mass is 16.5. The lowest BCUT2D eigenvalue weighted by molar-refractivity contribution is -0.231. The normalized spacial score (nSPS) is 31.0. The fourth-order valence-corrected chi connectivity index (χ4v) is 4.14. The van der Waals surface area contributed by atoms with Crippen molar-refractivity contribution in [3.8, 4) is 5.75 Å². The molecule has 7 heteroatoms. The molecule has 2 aromatic carbocycles. The number of aliphatic hydroxyl groups is 4. The number of rotatable bonds is 6. The summed E-state index contributed by atoms with van der Waals surface area (Å²) in [7, 11) is 0. The van der Waals surface area contributed by atoms with Crippen LogP contribution in [0.5, 0.6) is 5.75 Å². The van der Waals surface area contributed by atoms with Gasteiger partial charge in [-0.25, -0.2) is 0 Å². The number of hydrogen-bond donors (Lipinski definition) is 4. The summed E-state index contributed by atoms with van der Waals surface area (Å²) in [6.45, 7) is 2.95. The number of aryl methyl sites for hydroxylation is 1. The van der Waals surface area contributed by atoms with Gasteiger partial charge in [-0.1, -0.05) is 30.3 Å². The number of hydrogen-bond acceptors (Lipinski definition) is 7. The second-order valence-electron chi connectivity index (χ2n) is 8.36. The zero-order valence-electron chi connectivity index (χ0n) is 17.6. The zero-order chi connectivity index (χ0) is 22.0. The molecule has 0 radical (unpaired) electrons. The highest BCUT2D eigenvalue weighted by Gasteiger charge is 2.43.